The van der Waals surface area contributed by atoms with Crippen LogP contribution in [0.25, 0.3) is 0 Å². The highest BCUT2D eigenvalue weighted by Crippen LogP contribution is 2.49. The van der Waals surface area contributed by atoms with Gasteiger partial charge in [0.25, 0.3) is 0 Å². The first-order valence-corrected chi connectivity index (χ1v) is 8.36. The molecule has 0 aromatic carbocycles. The highest BCUT2D eigenvalue weighted by Gasteiger charge is 2.68. The molecular weight excluding hydrogens is 303 g/mol. The van der Waals surface area contributed by atoms with Crippen molar-refractivity contribution in [3.05, 3.63) is 0 Å². The maximum Gasteiger partial charge on any atom is 0.346 e. The normalized spacial score (nSPS) is 27.5. The van der Waals surface area contributed by atoms with Crippen molar-refractivity contribution in [2.24, 2.45) is 5.41 Å². The van der Waals surface area contributed by atoms with Gasteiger partial charge in [0.15, 0.2) is 0 Å². The van der Waals surface area contributed by atoms with Crippen molar-refractivity contribution in [3.63, 3.8) is 0 Å². The number of amides is 1. The second-order valence-electron chi connectivity index (χ2n) is 6.52. The Kier molecular flexibility index (Phi) is 5.62. The molecule has 23 heavy (non-hydrogen) atoms. The topological polar surface area (TPSA) is 67.9 Å². The summed E-state index contributed by atoms with van der Waals surface area (Å²) in [6.07, 6.45) is 1.90. The molecule has 6 nitrogen and oxygen atoms in total. The van der Waals surface area contributed by atoms with Crippen LogP contribution >= 0.6 is 0 Å². The van der Waals surface area contributed by atoms with Crippen LogP contribution in [0.3, 0.4) is 0 Å². The van der Waals surface area contributed by atoms with Gasteiger partial charge in [0, 0.05) is 19.6 Å². The standard InChI is InChI=1S/C16H27FN2O4/c1-4-6-7-18-13(20)12(3)19-8-15(10-22-11-15)16(17,9-19)14(21)23-5-2/h12H,4-11H2,1-3H3,(H,18,20). The summed E-state index contributed by atoms with van der Waals surface area (Å²) in [5, 5.41) is 2.85. The molecule has 2 saturated heterocycles. The van der Waals surface area contributed by atoms with Gasteiger partial charge in [-0.3, -0.25) is 9.69 Å². The van der Waals surface area contributed by atoms with Crippen LogP contribution in [0.4, 0.5) is 4.39 Å². The number of carbonyl (C=O) groups is 2. The first kappa shape index (κ1) is 18.1. The number of rotatable bonds is 7. The fourth-order valence-corrected chi connectivity index (χ4v) is 3.19. The first-order valence-electron chi connectivity index (χ1n) is 8.36. The van der Waals surface area contributed by atoms with Gasteiger partial charge in [-0.05, 0) is 20.3 Å². The van der Waals surface area contributed by atoms with Gasteiger partial charge in [-0.25, -0.2) is 9.18 Å². The molecular formula is C16H27FN2O4. The van der Waals surface area contributed by atoms with Gasteiger partial charge in [-0.2, -0.15) is 0 Å². The zero-order chi connectivity index (χ0) is 17.1. The third-order valence-electron chi connectivity index (χ3n) is 4.88. The monoisotopic (exact) mass is 330 g/mol. The van der Waals surface area contributed by atoms with Crippen molar-refractivity contribution in [2.75, 3.05) is 39.5 Å². The SMILES string of the molecule is CCCCNC(=O)C(C)N1CC2(COC2)C(F)(C(=O)OCC)C1. The summed E-state index contributed by atoms with van der Waals surface area (Å²) in [5.41, 5.74) is -3.00. The number of carbonyl (C=O) groups excluding carboxylic acids is 2. The highest BCUT2D eigenvalue weighted by atomic mass is 19.1. The average molecular weight is 330 g/mol. The zero-order valence-electron chi connectivity index (χ0n) is 14.2. The van der Waals surface area contributed by atoms with Gasteiger partial charge in [0.1, 0.15) is 0 Å². The Morgan fingerprint density at radius 1 is 1.35 bits per heavy atom. The predicted octanol–water partition coefficient (Wildman–Crippen LogP) is 0.895. The van der Waals surface area contributed by atoms with Gasteiger partial charge in [0.05, 0.1) is 31.3 Å². The molecule has 0 saturated carbocycles. The number of alkyl halides is 1. The zero-order valence-corrected chi connectivity index (χ0v) is 14.2. The predicted molar refractivity (Wildman–Crippen MR) is 82.7 cm³/mol. The van der Waals surface area contributed by atoms with Crippen molar-refractivity contribution in [1.29, 1.82) is 0 Å². The largest absolute Gasteiger partial charge is 0.464 e. The summed E-state index contributed by atoms with van der Waals surface area (Å²) >= 11 is 0. The first-order chi connectivity index (χ1) is 10.9. The maximum absolute atomic E-state index is 15.4. The molecule has 0 radical (unpaired) electrons. The third-order valence-corrected chi connectivity index (χ3v) is 4.88. The van der Waals surface area contributed by atoms with Crippen molar-refractivity contribution in [1.82, 2.24) is 10.2 Å². The van der Waals surface area contributed by atoms with E-state index < -0.39 is 23.1 Å². The van der Waals surface area contributed by atoms with Crippen LogP contribution < -0.4 is 5.32 Å². The lowest BCUT2D eigenvalue weighted by atomic mass is 9.74. The fraction of sp³-hybridized carbons (Fsp3) is 0.875. The Morgan fingerprint density at radius 2 is 2.04 bits per heavy atom. The Labute approximate surface area is 136 Å². The Hall–Kier alpha value is -1.21. The van der Waals surface area contributed by atoms with E-state index in [1.807, 2.05) is 6.92 Å². The maximum atomic E-state index is 15.4. The minimum Gasteiger partial charge on any atom is -0.464 e. The molecule has 0 aromatic heterocycles. The lowest BCUT2D eigenvalue weighted by molar-refractivity contribution is -0.196. The van der Waals surface area contributed by atoms with Crippen LogP contribution in [0.5, 0.6) is 0 Å². The number of nitrogens with zero attached hydrogens (tertiary/aromatic N) is 1. The smallest absolute Gasteiger partial charge is 0.346 e. The highest BCUT2D eigenvalue weighted by molar-refractivity contribution is 5.84. The molecule has 2 fully saturated rings. The van der Waals surface area contributed by atoms with E-state index in [1.165, 1.54) is 0 Å². The molecule has 2 unspecified atom stereocenters. The number of unbranched alkanes of at least 4 members (excludes halogenated alkanes) is 1. The summed E-state index contributed by atoms with van der Waals surface area (Å²) in [6.45, 7) is 6.75. The van der Waals surface area contributed by atoms with E-state index in [1.54, 1.807) is 18.7 Å². The second-order valence-corrected chi connectivity index (χ2v) is 6.52. The molecule has 132 valence electrons. The third kappa shape index (κ3) is 3.21. The molecule has 1 N–H and O–H groups in total. The van der Waals surface area contributed by atoms with E-state index in [2.05, 4.69) is 5.32 Å². The van der Waals surface area contributed by atoms with Gasteiger partial charge < -0.3 is 14.8 Å². The number of nitrogens with one attached hydrogen (secondary N) is 1. The van der Waals surface area contributed by atoms with Crippen LogP contribution in [0.15, 0.2) is 0 Å². The van der Waals surface area contributed by atoms with E-state index in [0.717, 1.165) is 12.8 Å². The average Bonchev–Trinajstić information content (AvgIpc) is 2.82. The van der Waals surface area contributed by atoms with Crippen molar-refractivity contribution < 1.29 is 23.5 Å². The molecule has 0 aliphatic carbocycles. The lowest BCUT2D eigenvalue weighted by Gasteiger charge is -2.44. The summed E-state index contributed by atoms with van der Waals surface area (Å²) in [5.74, 6) is -0.980. The van der Waals surface area contributed by atoms with Crippen LogP contribution in [-0.2, 0) is 19.1 Å². The number of hydrogen-bond donors (Lipinski definition) is 1. The van der Waals surface area contributed by atoms with Crippen molar-refractivity contribution >= 4 is 11.9 Å². The van der Waals surface area contributed by atoms with Crippen molar-refractivity contribution in [3.8, 4) is 0 Å². The van der Waals surface area contributed by atoms with E-state index in [4.69, 9.17) is 9.47 Å². The Bertz CT molecular complexity index is 455. The van der Waals surface area contributed by atoms with Crippen LogP contribution in [0.1, 0.15) is 33.6 Å². The van der Waals surface area contributed by atoms with Crippen LogP contribution in [0.2, 0.25) is 0 Å². The van der Waals surface area contributed by atoms with E-state index in [9.17, 15) is 9.59 Å². The van der Waals surface area contributed by atoms with E-state index in [-0.39, 0.29) is 32.3 Å². The minimum absolute atomic E-state index is 0.127. The number of hydrogen-bond acceptors (Lipinski definition) is 5. The summed E-state index contributed by atoms with van der Waals surface area (Å²) < 4.78 is 25.6. The van der Waals surface area contributed by atoms with Gasteiger partial charge in [-0.1, -0.05) is 13.3 Å². The van der Waals surface area contributed by atoms with Crippen molar-refractivity contribution in [2.45, 2.75) is 45.3 Å². The Morgan fingerprint density at radius 3 is 2.57 bits per heavy atom. The number of ether oxygens (including phenoxy) is 2. The second kappa shape index (κ2) is 7.13. The molecule has 2 atom stereocenters. The fourth-order valence-electron chi connectivity index (χ4n) is 3.19. The molecule has 0 bridgehead atoms. The van der Waals surface area contributed by atoms with Gasteiger partial charge >= 0.3 is 5.97 Å². The minimum atomic E-state index is -2.11. The number of likely N-dealkylation sites (tertiary alicyclic amines) is 1. The van der Waals surface area contributed by atoms with E-state index in [0.29, 0.717) is 13.1 Å². The molecule has 2 rings (SSSR count). The summed E-state index contributed by atoms with van der Waals surface area (Å²) in [7, 11) is 0. The number of esters is 1. The molecule has 2 aliphatic rings. The quantitative estimate of drug-likeness (QED) is 0.555. The van der Waals surface area contributed by atoms with Gasteiger partial charge in [-0.15, -0.1) is 0 Å². The molecule has 0 aromatic rings. The lowest BCUT2D eigenvalue weighted by Crippen LogP contribution is -2.61. The van der Waals surface area contributed by atoms with Gasteiger partial charge in [0.2, 0.25) is 11.6 Å². The molecule has 7 heteroatoms. The summed E-state index contributed by atoms with van der Waals surface area (Å²) in [4.78, 5) is 26.1. The van der Waals surface area contributed by atoms with Crippen LogP contribution in [-0.4, -0.2) is 67.9 Å². The van der Waals surface area contributed by atoms with E-state index >= 15 is 4.39 Å². The molecule has 1 amide bonds. The summed E-state index contributed by atoms with van der Waals surface area (Å²) in [6, 6.07) is -0.489. The van der Waals surface area contributed by atoms with Crippen LogP contribution in [0, 0.1) is 5.41 Å². The molecule has 1 spiro atoms. The Balaban J connectivity index is 2.05. The molecule has 2 aliphatic heterocycles. The number of halogens is 1. The molecule has 2 heterocycles.